The number of imidazole rings is 1. The van der Waals surface area contributed by atoms with Gasteiger partial charge in [0.05, 0.1) is 18.8 Å². The van der Waals surface area contributed by atoms with Gasteiger partial charge >= 0.3 is 12.1 Å². The number of hydrogen-bond acceptors (Lipinski definition) is 5. The van der Waals surface area contributed by atoms with E-state index in [4.69, 9.17) is 9.47 Å². The van der Waals surface area contributed by atoms with Crippen LogP contribution in [-0.2, 0) is 16.1 Å². The van der Waals surface area contributed by atoms with Crippen LogP contribution in [0.2, 0.25) is 0 Å². The van der Waals surface area contributed by atoms with Crippen LogP contribution in [0.4, 0.5) is 10.5 Å². The minimum Gasteiger partial charge on any atom is -0.459 e. The fourth-order valence-corrected chi connectivity index (χ4v) is 2.91. The maximum absolute atomic E-state index is 12.1. The van der Waals surface area contributed by atoms with E-state index in [0.29, 0.717) is 25.7 Å². The van der Waals surface area contributed by atoms with Crippen LogP contribution in [0.1, 0.15) is 12.5 Å². The molecule has 0 bridgehead atoms. The molecule has 3 heterocycles. The maximum Gasteiger partial charge on any atom is 0.414 e. The summed E-state index contributed by atoms with van der Waals surface area (Å²) in [6.07, 6.45) is 2.75. The number of carbonyl (C=O) groups excluding carboxylic acids is 2. The van der Waals surface area contributed by atoms with E-state index in [1.54, 1.807) is 11.1 Å². The lowest BCUT2D eigenvalue weighted by atomic mass is 10.1. The van der Waals surface area contributed by atoms with Crippen molar-refractivity contribution in [1.82, 2.24) is 14.9 Å². The number of cyclic esters (lactones) is 1. The third kappa shape index (κ3) is 2.45. The van der Waals surface area contributed by atoms with Crippen LogP contribution >= 0.6 is 0 Å². The molecule has 0 radical (unpaired) electrons. The van der Waals surface area contributed by atoms with Crippen molar-refractivity contribution < 1.29 is 19.1 Å². The predicted molar refractivity (Wildman–Crippen MR) is 84.2 cm³/mol. The monoisotopic (exact) mass is 328 g/mol. The van der Waals surface area contributed by atoms with Crippen LogP contribution in [0.5, 0.6) is 6.01 Å². The second-order valence-electron chi connectivity index (χ2n) is 5.73. The van der Waals surface area contributed by atoms with Crippen LogP contribution < -0.4 is 15.0 Å². The largest absolute Gasteiger partial charge is 0.459 e. The number of amides is 2. The molecule has 124 valence electrons. The fourth-order valence-electron chi connectivity index (χ4n) is 2.91. The lowest BCUT2D eigenvalue weighted by molar-refractivity contribution is -0.119. The minimum atomic E-state index is -0.412. The molecule has 0 unspecified atom stereocenters. The molecule has 1 fully saturated rings. The number of anilines is 1. The molecule has 1 N–H and O–H groups in total. The summed E-state index contributed by atoms with van der Waals surface area (Å²) in [5.41, 5.74) is 2.70. The van der Waals surface area contributed by atoms with Crippen LogP contribution in [0.15, 0.2) is 30.6 Å². The number of benzene rings is 1. The van der Waals surface area contributed by atoms with Crippen molar-refractivity contribution in [3.63, 3.8) is 0 Å². The molecule has 0 saturated carbocycles. The number of hydrogen-bond donors (Lipinski definition) is 1. The van der Waals surface area contributed by atoms with Crippen molar-refractivity contribution in [3.8, 4) is 11.7 Å². The summed E-state index contributed by atoms with van der Waals surface area (Å²) in [6.45, 7) is 2.54. The molecule has 2 amide bonds. The van der Waals surface area contributed by atoms with Gasteiger partial charge in [-0.05, 0) is 18.2 Å². The Morgan fingerprint density at radius 2 is 2.33 bits per heavy atom. The average Bonchev–Trinajstić information content (AvgIpc) is 3.18. The van der Waals surface area contributed by atoms with Crippen molar-refractivity contribution in [2.45, 2.75) is 19.6 Å². The van der Waals surface area contributed by atoms with E-state index >= 15 is 0 Å². The van der Waals surface area contributed by atoms with Gasteiger partial charge in [-0.1, -0.05) is 0 Å². The summed E-state index contributed by atoms with van der Waals surface area (Å²) in [4.78, 5) is 28.8. The number of nitrogens with zero attached hydrogens (tertiary/aromatic N) is 3. The van der Waals surface area contributed by atoms with Gasteiger partial charge in [-0.25, -0.2) is 9.78 Å². The van der Waals surface area contributed by atoms with Gasteiger partial charge in [-0.3, -0.25) is 14.3 Å². The first-order chi connectivity index (χ1) is 11.6. The van der Waals surface area contributed by atoms with Crippen LogP contribution in [0.3, 0.4) is 0 Å². The maximum atomic E-state index is 12.1. The number of fused-ring (bicyclic) bond motifs is 3. The van der Waals surface area contributed by atoms with Gasteiger partial charge in [-0.2, -0.15) is 0 Å². The zero-order chi connectivity index (χ0) is 16.7. The lowest BCUT2D eigenvalue weighted by Crippen LogP contribution is -2.33. The normalized spacial score (nSPS) is 18.5. The van der Waals surface area contributed by atoms with Gasteiger partial charge in [0, 0.05) is 30.6 Å². The highest BCUT2D eigenvalue weighted by Crippen LogP contribution is 2.31. The third-order valence-corrected chi connectivity index (χ3v) is 4.05. The molecule has 1 saturated heterocycles. The molecule has 1 aromatic heterocycles. The Morgan fingerprint density at radius 1 is 1.46 bits per heavy atom. The molecule has 2 aliphatic rings. The Labute approximate surface area is 138 Å². The molecule has 1 atom stereocenters. The van der Waals surface area contributed by atoms with Crippen molar-refractivity contribution in [2.24, 2.45) is 0 Å². The molecule has 0 aliphatic carbocycles. The van der Waals surface area contributed by atoms with Crippen molar-refractivity contribution in [1.29, 1.82) is 0 Å². The number of aromatic nitrogens is 2. The first-order valence-electron chi connectivity index (χ1n) is 7.64. The summed E-state index contributed by atoms with van der Waals surface area (Å²) in [5.74, 6) is -0.147. The first-order valence-corrected chi connectivity index (χ1v) is 7.64. The number of nitrogens with one attached hydrogen (secondary N) is 1. The van der Waals surface area contributed by atoms with E-state index in [1.165, 1.54) is 6.92 Å². The molecule has 2 aliphatic heterocycles. The van der Waals surface area contributed by atoms with E-state index < -0.39 is 6.09 Å². The topological polar surface area (TPSA) is 85.7 Å². The standard InChI is InChI=1S/C16H16N4O4/c1-10(21)18-7-13-8-20(16(22)24-13)12-2-3-14-11(6-12)9-23-15-17-4-5-19(14)15/h2-6,13H,7-9H2,1H3,(H,18,21)/t13-/m0/s1. The Morgan fingerprint density at radius 3 is 3.17 bits per heavy atom. The summed E-state index contributed by atoms with van der Waals surface area (Å²) in [7, 11) is 0. The Bertz CT molecular complexity index is 816. The van der Waals surface area contributed by atoms with Crippen molar-refractivity contribution in [2.75, 3.05) is 18.0 Å². The lowest BCUT2D eigenvalue weighted by Gasteiger charge is -2.21. The predicted octanol–water partition coefficient (Wildman–Crippen LogP) is 1.23. The van der Waals surface area contributed by atoms with E-state index in [1.807, 2.05) is 29.0 Å². The van der Waals surface area contributed by atoms with Gasteiger partial charge in [0.15, 0.2) is 0 Å². The third-order valence-electron chi connectivity index (χ3n) is 4.05. The van der Waals surface area contributed by atoms with Gasteiger partial charge in [-0.15, -0.1) is 0 Å². The van der Waals surface area contributed by atoms with Crippen LogP contribution in [0, 0.1) is 0 Å². The van der Waals surface area contributed by atoms with Gasteiger partial charge in [0.1, 0.15) is 12.7 Å². The van der Waals surface area contributed by atoms with Crippen LogP contribution in [-0.4, -0.2) is 40.7 Å². The molecule has 4 rings (SSSR count). The van der Waals surface area contributed by atoms with E-state index in [0.717, 1.165) is 16.9 Å². The molecule has 0 spiro atoms. The molecular weight excluding hydrogens is 312 g/mol. The Kier molecular flexibility index (Phi) is 3.37. The van der Waals surface area contributed by atoms with Crippen molar-refractivity contribution >= 4 is 17.7 Å². The van der Waals surface area contributed by atoms with Gasteiger partial charge in [0.2, 0.25) is 5.91 Å². The number of carbonyl (C=O) groups is 2. The molecule has 24 heavy (non-hydrogen) atoms. The fraction of sp³-hybridized carbons (Fsp3) is 0.312. The number of rotatable bonds is 3. The highest BCUT2D eigenvalue weighted by Gasteiger charge is 2.33. The molecule has 1 aromatic carbocycles. The van der Waals surface area contributed by atoms with E-state index in [-0.39, 0.29) is 12.0 Å². The molecule has 8 nitrogen and oxygen atoms in total. The van der Waals surface area contributed by atoms with Crippen molar-refractivity contribution in [3.05, 3.63) is 36.2 Å². The van der Waals surface area contributed by atoms with E-state index in [2.05, 4.69) is 10.3 Å². The summed E-state index contributed by atoms with van der Waals surface area (Å²) in [6, 6.07) is 6.29. The minimum absolute atomic E-state index is 0.147. The molecular formula is C16H16N4O4. The molecule has 8 heteroatoms. The second kappa shape index (κ2) is 5.55. The number of ether oxygens (including phenoxy) is 2. The summed E-state index contributed by atoms with van der Waals surface area (Å²) >= 11 is 0. The Balaban J connectivity index is 1.56. The van der Waals surface area contributed by atoms with E-state index in [9.17, 15) is 9.59 Å². The summed E-state index contributed by atoms with van der Waals surface area (Å²) in [5, 5.41) is 2.66. The zero-order valence-electron chi connectivity index (χ0n) is 13.1. The molecule has 2 aromatic rings. The highest BCUT2D eigenvalue weighted by atomic mass is 16.6. The van der Waals surface area contributed by atoms with Gasteiger partial charge < -0.3 is 14.8 Å². The second-order valence-corrected chi connectivity index (χ2v) is 5.73. The summed E-state index contributed by atoms with van der Waals surface area (Å²) < 4.78 is 12.7. The van der Waals surface area contributed by atoms with Crippen LogP contribution in [0.25, 0.3) is 5.69 Å². The Hall–Kier alpha value is -3.03. The first kappa shape index (κ1) is 14.6. The smallest absolute Gasteiger partial charge is 0.414 e. The van der Waals surface area contributed by atoms with Gasteiger partial charge in [0.25, 0.3) is 0 Å². The SMILES string of the molecule is CC(=O)NC[C@H]1CN(c2ccc3c(c2)COc2nccn2-3)C(=O)O1. The quantitative estimate of drug-likeness (QED) is 0.916. The zero-order valence-corrected chi connectivity index (χ0v) is 13.1. The highest BCUT2D eigenvalue weighted by molar-refractivity contribution is 5.90. The average molecular weight is 328 g/mol.